The molecular weight excluding hydrogens is 880 g/mol. The van der Waals surface area contributed by atoms with E-state index in [1.54, 1.807) is 0 Å². The number of allylic oxidation sites excluding steroid dienone is 24. The number of hydrogen-bond acceptors (Lipinski definition) is 3. The standard InChI is InChI=1S/C24H20As.3C8H8.3O.Ta/c1-5-13-21(14-6-1)25(22-15-7-2-8-16-22,23-17-9-3-10-18-23)24-19-11-4-12-20-24;3*1-2-4-6-8-7-5-3-1;;;;/h1-20H;3*1-8H;;;;/q+1;;;;;;-1;/b;3*2-1-,3-1?,4-2?,5-3-,6-4?,7-5?,8-6?,8-7?;;;;. The van der Waals surface area contributed by atoms with Gasteiger partial charge in [0.15, 0.2) is 0 Å². The molecule has 0 spiro atoms. The molecule has 4 aromatic carbocycles. The molecule has 0 aromatic heterocycles. The monoisotopic (exact) mass is 924 g/mol. The van der Waals surface area contributed by atoms with E-state index in [0.717, 1.165) is 0 Å². The minimum atomic E-state index is -4.34. The molecule has 0 unspecified atom stereocenters. The summed E-state index contributed by atoms with van der Waals surface area (Å²) in [6.07, 6.45) is 48.0. The summed E-state index contributed by atoms with van der Waals surface area (Å²) in [5, 5.41) is 0. The van der Waals surface area contributed by atoms with Crippen LogP contribution in [0.25, 0.3) is 0 Å². The zero-order valence-electron chi connectivity index (χ0n) is 29.5. The molecule has 3 aliphatic carbocycles. The van der Waals surface area contributed by atoms with E-state index in [4.69, 9.17) is 10.1 Å². The van der Waals surface area contributed by atoms with Gasteiger partial charge in [0, 0.05) is 0 Å². The Morgan fingerprint density at radius 2 is 0.377 bits per heavy atom. The van der Waals surface area contributed by atoms with Crippen molar-refractivity contribution in [2.45, 2.75) is 0 Å². The van der Waals surface area contributed by atoms with Crippen molar-refractivity contribution in [3.8, 4) is 0 Å². The Hall–Kier alpha value is -5.38. The van der Waals surface area contributed by atoms with Crippen LogP contribution in [0.15, 0.2) is 267 Å². The first-order valence-corrected chi connectivity index (χ1v) is 24.8. The third-order valence-electron chi connectivity index (χ3n) is 7.24. The Bertz CT molecular complexity index is 1610. The van der Waals surface area contributed by atoms with Crippen LogP contribution in [0.4, 0.5) is 0 Å². The van der Waals surface area contributed by atoms with E-state index < -0.39 is 32.3 Å². The first kappa shape index (κ1) is 42.0. The maximum atomic E-state index is 8.62. The average Bonchev–Trinajstić information content (AvgIpc) is 3.14. The fourth-order valence-electron chi connectivity index (χ4n) is 5.04. The fraction of sp³-hybridized carbons (Fsp3) is 0. The van der Waals surface area contributed by atoms with Gasteiger partial charge in [0.25, 0.3) is 0 Å². The quantitative estimate of drug-likeness (QED) is 0.194. The molecule has 4 aromatic rings. The Labute approximate surface area is 324 Å². The summed E-state index contributed by atoms with van der Waals surface area (Å²) in [6.45, 7) is 0. The van der Waals surface area contributed by atoms with Crippen molar-refractivity contribution >= 4 is 31.0 Å². The van der Waals surface area contributed by atoms with Gasteiger partial charge in [-0.25, -0.2) is 0 Å². The van der Waals surface area contributed by atoms with Crippen molar-refractivity contribution < 1.29 is 28.9 Å². The van der Waals surface area contributed by atoms with Crippen molar-refractivity contribution in [2.75, 3.05) is 0 Å². The molecular formula is C48H44AsO3Ta. The first-order chi connectivity index (χ1) is 26.2. The molecule has 0 saturated heterocycles. The van der Waals surface area contributed by atoms with Crippen molar-refractivity contribution in [2.24, 2.45) is 0 Å². The van der Waals surface area contributed by atoms with Crippen LogP contribution in [0.2, 0.25) is 0 Å². The van der Waals surface area contributed by atoms with Crippen LogP contribution in [-0.2, 0) is 25.3 Å². The van der Waals surface area contributed by atoms with Gasteiger partial charge < -0.3 is 0 Å². The molecule has 0 aliphatic heterocycles. The zero-order valence-corrected chi connectivity index (χ0v) is 34.6. The van der Waals surface area contributed by atoms with Gasteiger partial charge in [-0.3, -0.25) is 0 Å². The summed E-state index contributed by atoms with van der Waals surface area (Å²) in [5.74, 6) is 0. The van der Waals surface area contributed by atoms with Crippen LogP contribution in [0.3, 0.4) is 0 Å². The number of hydrogen-bond donors (Lipinski definition) is 0. The van der Waals surface area contributed by atoms with Crippen molar-refractivity contribution in [3.05, 3.63) is 267 Å². The maximum absolute atomic E-state index is 8.62. The Morgan fingerprint density at radius 3 is 0.491 bits per heavy atom. The second kappa shape index (κ2) is 27.3. The van der Waals surface area contributed by atoms with Gasteiger partial charge in [0.2, 0.25) is 0 Å². The predicted molar refractivity (Wildman–Crippen MR) is 221 cm³/mol. The molecule has 0 bridgehead atoms. The summed E-state index contributed by atoms with van der Waals surface area (Å²) >= 11 is -7.11. The van der Waals surface area contributed by atoms with E-state index in [9.17, 15) is 0 Å². The molecule has 0 atom stereocenters. The molecule has 53 heavy (non-hydrogen) atoms. The van der Waals surface area contributed by atoms with Gasteiger partial charge >= 0.3 is 181 Å². The van der Waals surface area contributed by atoms with Gasteiger partial charge in [-0.2, -0.15) is 0 Å². The zero-order chi connectivity index (χ0) is 37.5. The molecule has 0 amide bonds. The van der Waals surface area contributed by atoms with Crippen LogP contribution >= 0.6 is 0 Å². The van der Waals surface area contributed by atoms with Crippen LogP contribution in [0, 0.1) is 0 Å². The molecule has 5 heteroatoms. The summed E-state index contributed by atoms with van der Waals surface area (Å²) in [6, 6.07) is 44.2. The van der Waals surface area contributed by atoms with Crippen LogP contribution < -0.4 is 21.0 Å². The Kier molecular flexibility index (Phi) is 21.6. The van der Waals surface area contributed by atoms with Crippen molar-refractivity contribution in [1.29, 1.82) is 0 Å². The van der Waals surface area contributed by atoms with Crippen LogP contribution in [0.5, 0.6) is 0 Å². The third kappa shape index (κ3) is 16.7. The molecule has 0 radical (unpaired) electrons. The Morgan fingerprint density at radius 1 is 0.264 bits per heavy atom. The minimum absolute atomic E-state index is 1.45. The van der Waals surface area contributed by atoms with Gasteiger partial charge in [-0.1, -0.05) is 146 Å². The van der Waals surface area contributed by atoms with Crippen molar-refractivity contribution in [3.63, 3.8) is 0 Å². The summed E-state index contributed by atoms with van der Waals surface area (Å²) in [5.41, 5.74) is 0. The molecule has 0 saturated carbocycles. The molecule has 264 valence electrons. The van der Waals surface area contributed by atoms with Gasteiger partial charge in [0.1, 0.15) is 0 Å². The van der Waals surface area contributed by atoms with E-state index in [-0.39, 0.29) is 0 Å². The van der Waals surface area contributed by atoms with Gasteiger partial charge in [0.05, 0.1) is 0 Å². The van der Waals surface area contributed by atoms with Gasteiger partial charge in [-0.05, 0) is 0 Å². The fourth-order valence-corrected chi connectivity index (χ4v) is 14.0. The molecule has 3 nitrogen and oxygen atoms in total. The number of rotatable bonds is 4. The van der Waals surface area contributed by atoms with Crippen molar-refractivity contribution in [1.82, 2.24) is 0 Å². The van der Waals surface area contributed by atoms with E-state index >= 15 is 0 Å². The number of benzene rings is 4. The SMILES string of the molecule is C1=C/C=C\C=C/C=C1.C1=C/C=C\C=C/C=C1.C1=C/C=C\C=C/C=C1.[O]=[Ta](=[O])[O-].c1ccc([As+](c2ccccc2)(c2ccccc2)c2ccccc2)cc1. The van der Waals surface area contributed by atoms with E-state index in [1.807, 2.05) is 146 Å². The summed E-state index contributed by atoms with van der Waals surface area (Å²) in [7, 11) is 0. The average molecular weight is 925 g/mol. The second-order valence-corrected chi connectivity index (χ2v) is 19.6. The molecule has 3 aliphatic rings. The first-order valence-electron chi connectivity index (χ1n) is 17.1. The molecule has 0 fully saturated rings. The molecule has 7 rings (SSSR count). The molecule has 0 heterocycles. The topological polar surface area (TPSA) is 57.2 Å². The van der Waals surface area contributed by atoms with E-state index in [2.05, 4.69) is 121 Å². The molecule has 0 N–H and O–H groups in total. The van der Waals surface area contributed by atoms with Gasteiger partial charge in [-0.15, -0.1) is 0 Å². The Balaban J connectivity index is 0.000000219. The van der Waals surface area contributed by atoms with Crippen LogP contribution in [0.1, 0.15) is 0 Å². The normalized spacial score (nSPS) is 16.6. The summed E-state index contributed by atoms with van der Waals surface area (Å²) in [4.78, 5) is 0. The summed E-state index contributed by atoms with van der Waals surface area (Å²) < 4.78 is 31.7. The van der Waals surface area contributed by atoms with Crippen LogP contribution in [-0.4, -0.2) is 13.6 Å². The van der Waals surface area contributed by atoms with E-state index in [0.29, 0.717) is 0 Å². The van der Waals surface area contributed by atoms with E-state index in [1.165, 1.54) is 17.4 Å². The third-order valence-corrected chi connectivity index (χ3v) is 16.2. The second-order valence-electron chi connectivity index (χ2n) is 10.9. The predicted octanol–water partition coefficient (Wildman–Crippen LogP) is 8.31.